The summed E-state index contributed by atoms with van der Waals surface area (Å²) >= 11 is 0. The third kappa shape index (κ3) is 2.65. The highest BCUT2D eigenvalue weighted by Gasteiger charge is 2.08. The van der Waals surface area contributed by atoms with Crippen molar-refractivity contribution in [3.63, 3.8) is 0 Å². The fourth-order valence-corrected chi connectivity index (χ4v) is 2.17. The maximum absolute atomic E-state index is 3.15. The van der Waals surface area contributed by atoms with Crippen molar-refractivity contribution in [2.75, 3.05) is 30.4 Å². The molecule has 1 aromatic rings. The molecule has 0 unspecified atom stereocenters. The lowest BCUT2D eigenvalue weighted by Crippen LogP contribution is -2.23. The zero-order chi connectivity index (χ0) is 10.5. The third-order valence-corrected chi connectivity index (χ3v) is 3.13. The van der Waals surface area contributed by atoms with E-state index in [2.05, 4.69) is 34.5 Å². The average molecular weight is 204 g/mol. The first-order valence-corrected chi connectivity index (χ1v) is 5.93. The molecule has 0 spiro atoms. The Morgan fingerprint density at radius 2 is 1.53 bits per heavy atom. The van der Waals surface area contributed by atoms with Crippen LogP contribution in [-0.4, -0.2) is 20.1 Å². The number of hydrogen-bond donors (Lipinski definition) is 1. The summed E-state index contributed by atoms with van der Waals surface area (Å²) < 4.78 is 0. The summed E-state index contributed by atoms with van der Waals surface area (Å²) in [5, 5.41) is 3.15. The number of hydrogen-bond acceptors (Lipinski definition) is 2. The van der Waals surface area contributed by atoms with Crippen LogP contribution in [0.25, 0.3) is 0 Å². The van der Waals surface area contributed by atoms with Gasteiger partial charge in [0.05, 0.1) is 0 Å². The number of anilines is 2. The molecule has 2 nitrogen and oxygen atoms in total. The van der Waals surface area contributed by atoms with Gasteiger partial charge in [-0.25, -0.2) is 0 Å². The second-order valence-electron chi connectivity index (χ2n) is 4.20. The molecule has 15 heavy (non-hydrogen) atoms. The standard InChI is InChI=1S/C13H20N2/c1-14-12-6-8-13(9-7-12)15-10-4-2-3-5-11-15/h6-9,14H,2-5,10-11H2,1H3. The molecule has 1 aliphatic heterocycles. The normalized spacial score (nSPS) is 17.3. The van der Waals surface area contributed by atoms with Crippen LogP contribution in [0.4, 0.5) is 11.4 Å². The quantitative estimate of drug-likeness (QED) is 0.796. The van der Waals surface area contributed by atoms with E-state index in [9.17, 15) is 0 Å². The van der Waals surface area contributed by atoms with Crippen LogP contribution >= 0.6 is 0 Å². The summed E-state index contributed by atoms with van der Waals surface area (Å²) in [4.78, 5) is 2.51. The molecule has 1 heterocycles. The molecule has 2 heteroatoms. The van der Waals surface area contributed by atoms with Crippen molar-refractivity contribution in [1.82, 2.24) is 0 Å². The van der Waals surface area contributed by atoms with Gasteiger partial charge in [-0.2, -0.15) is 0 Å². The van der Waals surface area contributed by atoms with Crippen LogP contribution in [0.2, 0.25) is 0 Å². The highest BCUT2D eigenvalue weighted by atomic mass is 15.1. The summed E-state index contributed by atoms with van der Waals surface area (Å²) in [5.41, 5.74) is 2.56. The number of benzene rings is 1. The summed E-state index contributed by atoms with van der Waals surface area (Å²) in [6.07, 6.45) is 5.47. The minimum atomic E-state index is 1.19. The van der Waals surface area contributed by atoms with Gasteiger partial charge in [0, 0.05) is 31.5 Å². The van der Waals surface area contributed by atoms with Crippen LogP contribution in [0.1, 0.15) is 25.7 Å². The molecule has 1 aliphatic rings. The van der Waals surface area contributed by atoms with Crippen molar-refractivity contribution >= 4 is 11.4 Å². The highest BCUT2D eigenvalue weighted by Crippen LogP contribution is 2.21. The second-order valence-corrected chi connectivity index (χ2v) is 4.20. The fourth-order valence-electron chi connectivity index (χ4n) is 2.17. The van der Waals surface area contributed by atoms with Gasteiger partial charge in [0.15, 0.2) is 0 Å². The van der Waals surface area contributed by atoms with Gasteiger partial charge in [-0.3, -0.25) is 0 Å². The molecule has 0 bridgehead atoms. The predicted octanol–water partition coefficient (Wildman–Crippen LogP) is 3.11. The molecule has 0 saturated carbocycles. The van der Waals surface area contributed by atoms with E-state index in [-0.39, 0.29) is 0 Å². The van der Waals surface area contributed by atoms with E-state index in [4.69, 9.17) is 0 Å². The fraction of sp³-hybridized carbons (Fsp3) is 0.538. The average Bonchev–Trinajstić information content (AvgIpc) is 2.58. The third-order valence-electron chi connectivity index (χ3n) is 3.13. The number of nitrogens with one attached hydrogen (secondary N) is 1. The van der Waals surface area contributed by atoms with Gasteiger partial charge in [-0.05, 0) is 37.1 Å². The lowest BCUT2D eigenvalue weighted by Gasteiger charge is -2.22. The van der Waals surface area contributed by atoms with Crippen LogP contribution in [0.5, 0.6) is 0 Å². The van der Waals surface area contributed by atoms with E-state index in [1.807, 2.05) is 7.05 Å². The van der Waals surface area contributed by atoms with Gasteiger partial charge < -0.3 is 10.2 Å². The van der Waals surface area contributed by atoms with E-state index < -0.39 is 0 Å². The Labute approximate surface area is 92.3 Å². The predicted molar refractivity (Wildman–Crippen MR) is 66.7 cm³/mol. The largest absolute Gasteiger partial charge is 0.388 e. The minimum Gasteiger partial charge on any atom is -0.388 e. The van der Waals surface area contributed by atoms with Crippen molar-refractivity contribution < 1.29 is 0 Å². The van der Waals surface area contributed by atoms with Crippen molar-refractivity contribution in [3.8, 4) is 0 Å². The Morgan fingerprint density at radius 3 is 2.07 bits per heavy atom. The Kier molecular flexibility index (Phi) is 3.49. The zero-order valence-corrected chi connectivity index (χ0v) is 9.50. The topological polar surface area (TPSA) is 15.3 Å². The molecule has 82 valence electrons. The summed E-state index contributed by atoms with van der Waals surface area (Å²) in [6.45, 7) is 2.44. The molecule has 2 rings (SSSR count). The van der Waals surface area contributed by atoms with E-state index in [1.54, 1.807) is 0 Å². The number of nitrogens with zero attached hydrogens (tertiary/aromatic N) is 1. The van der Waals surface area contributed by atoms with Gasteiger partial charge in [0.25, 0.3) is 0 Å². The van der Waals surface area contributed by atoms with Gasteiger partial charge >= 0.3 is 0 Å². The maximum atomic E-state index is 3.15. The van der Waals surface area contributed by atoms with Crippen molar-refractivity contribution in [1.29, 1.82) is 0 Å². The molecule has 1 saturated heterocycles. The van der Waals surface area contributed by atoms with Crippen LogP contribution in [0, 0.1) is 0 Å². The lowest BCUT2D eigenvalue weighted by atomic mass is 10.2. The molecule has 0 radical (unpaired) electrons. The first-order chi connectivity index (χ1) is 7.40. The molecule has 0 atom stereocenters. The Morgan fingerprint density at radius 1 is 0.933 bits per heavy atom. The first-order valence-electron chi connectivity index (χ1n) is 5.93. The van der Waals surface area contributed by atoms with Crippen LogP contribution in [0.3, 0.4) is 0 Å². The van der Waals surface area contributed by atoms with Crippen LogP contribution in [0.15, 0.2) is 24.3 Å². The number of rotatable bonds is 2. The Hall–Kier alpha value is -1.18. The lowest BCUT2D eigenvalue weighted by molar-refractivity contribution is 0.726. The monoisotopic (exact) mass is 204 g/mol. The Balaban J connectivity index is 2.06. The molecule has 1 N–H and O–H groups in total. The summed E-state index contributed by atoms with van der Waals surface area (Å²) in [7, 11) is 1.96. The van der Waals surface area contributed by atoms with E-state index in [1.165, 1.54) is 50.1 Å². The van der Waals surface area contributed by atoms with Gasteiger partial charge in [0.2, 0.25) is 0 Å². The maximum Gasteiger partial charge on any atom is 0.0367 e. The molecule has 0 amide bonds. The van der Waals surface area contributed by atoms with E-state index in [0.29, 0.717) is 0 Å². The summed E-state index contributed by atoms with van der Waals surface area (Å²) in [6, 6.07) is 8.74. The van der Waals surface area contributed by atoms with Gasteiger partial charge in [-0.1, -0.05) is 12.8 Å². The van der Waals surface area contributed by atoms with E-state index >= 15 is 0 Å². The second kappa shape index (κ2) is 5.06. The van der Waals surface area contributed by atoms with E-state index in [0.717, 1.165) is 0 Å². The minimum absolute atomic E-state index is 1.19. The molecule has 1 fully saturated rings. The SMILES string of the molecule is CNc1ccc(N2CCCCCC2)cc1. The van der Waals surface area contributed by atoms with Crippen molar-refractivity contribution in [2.45, 2.75) is 25.7 Å². The highest BCUT2D eigenvalue weighted by molar-refractivity contribution is 5.54. The summed E-state index contributed by atoms with van der Waals surface area (Å²) in [5.74, 6) is 0. The van der Waals surface area contributed by atoms with Crippen LogP contribution in [-0.2, 0) is 0 Å². The van der Waals surface area contributed by atoms with Crippen molar-refractivity contribution in [2.24, 2.45) is 0 Å². The first kappa shape index (κ1) is 10.3. The molecular formula is C13H20N2. The van der Waals surface area contributed by atoms with Gasteiger partial charge in [0.1, 0.15) is 0 Å². The molecule has 0 aromatic heterocycles. The molecule has 0 aliphatic carbocycles. The molecule has 1 aromatic carbocycles. The Bertz CT molecular complexity index is 284. The smallest absolute Gasteiger partial charge is 0.0367 e. The van der Waals surface area contributed by atoms with Crippen LogP contribution < -0.4 is 10.2 Å². The molecular weight excluding hydrogens is 184 g/mol. The van der Waals surface area contributed by atoms with Gasteiger partial charge in [-0.15, -0.1) is 0 Å². The van der Waals surface area contributed by atoms with Crippen molar-refractivity contribution in [3.05, 3.63) is 24.3 Å². The zero-order valence-electron chi connectivity index (χ0n) is 9.50.